The first-order valence-electron chi connectivity index (χ1n) is 9.31. The lowest BCUT2D eigenvalue weighted by atomic mass is 9.89. The van der Waals surface area contributed by atoms with Gasteiger partial charge in [0.25, 0.3) is 0 Å². The number of urea groups is 1. The van der Waals surface area contributed by atoms with Crippen molar-refractivity contribution in [2.75, 3.05) is 19.0 Å². The van der Waals surface area contributed by atoms with Gasteiger partial charge in [-0.15, -0.1) is 0 Å². The van der Waals surface area contributed by atoms with Crippen LogP contribution in [0.2, 0.25) is 0 Å². The summed E-state index contributed by atoms with van der Waals surface area (Å²) in [5.41, 5.74) is 5.10. The van der Waals surface area contributed by atoms with Crippen molar-refractivity contribution in [3.63, 3.8) is 0 Å². The second-order valence-corrected chi connectivity index (χ2v) is 7.20. The quantitative estimate of drug-likeness (QED) is 0.865. The number of anilines is 1. The zero-order valence-electron chi connectivity index (χ0n) is 15.9. The molecule has 5 heteroatoms. The first kappa shape index (κ1) is 18.2. The molecule has 3 rings (SSSR count). The molecular weight excluding hydrogens is 324 g/mol. The van der Waals surface area contributed by atoms with E-state index in [0.29, 0.717) is 6.54 Å². The van der Waals surface area contributed by atoms with Crippen molar-refractivity contribution >= 4 is 11.8 Å². The van der Waals surface area contributed by atoms with Gasteiger partial charge >= 0.3 is 6.03 Å². The summed E-state index contributed by atoms with van der Waals surface area (Å²) in [6.45, 7) is 2.51. The fraction of sp³-hybridized carbons (Fsp3) is 0.429. The summed E-state index contributed by atoms with van der Waals surface area (Å²) in [5, 5.41) is 5.97. The molecule has 1 aromatic carbocycles. The Bertz CT molecular complexity index is 772. The van der Waals surface area contributed by atoms with Crippen LogP contribution in [0.4, 0.5) is 10.6 Å². The second kappa shape index (κ2) is 8.21. The highest BCUT2D eigenvalue weighted by Gasteiger charge is 2.14. The molecule has 1 heterocycles. The van der Waals surface area contributed by atoms with E-state index in [4.69, 9.17) is 0 Å². The lowest BCUT2D eigenvalue weighted by Crippen LogP contribution is -2.36. The topological polar surface area (TPSA) is 57.3 Å². The molecule has 1 aromatic heterocycles. The van der Waals surface area contributed by atoms with Crippen molar-refractivity contribution in [3.05, 3.63) is 58.8 Å². The van der Waals surface area contributed by atoms with Gasteiger partial charge in [-0.2, -0.15) is 0 Å². The van der Waals surface area contributed by atoms with E-state index in [1.54, 1.807) is 6.20 Å². The minimum atomic E-state index is -0.154. The number of carbonyl (C=O) groups excluding carboxylic acids is 1. The van der Waals surface area contributed by atoms with E-state index in [1.165, 1.54) is 36.0 Å². The predicted molar refractivity (Wildman–Crippen MR) is 105 cm³/mol. The van der Waals surface area contributed by atoms with Gasteiger partial charge in [0.05, 0.1) is 6.04 Å². The zero-order valence-corrected chi connectivity index (χ0v) is 15.9. The molecule has 0 radical (unpaired) electrons. The first-order chi connectivity index (χ1) is 12.5. The van der Waals surface area contributed by atoms with Crippen LogP contribution in [0.1, 0.15) is 48.1 Å². The van der Waals surface area contributed by atoms with E-state index in [-0.39, 0.29) is 12.1 Å². The molecular formula is C21H28N4O. The number of amides is 2. The predicted octanol–water partition coefficient (Wildman–Crippen LogP) is 3.59. The summed E-state index contributed by atoms with van der Waals surface area (Å²) >= 11 is 0. The minimum Gasteiger partial charge on any atom is -0.363 e. The van der Waals surface area contributed by atoms with Gasteiger partial charge in [0.15, 0.2) is 0 Å². The number of pyridine rings is 1. The molecule has 1 aliphatic carbocycles. The van der Waals surface area contributed by atoms with Gasteiger partial charge in [-0.05, 0) is 67.0 Å². The molecule has 138 valence electrons. The number of aryl methyl sites for hydroxylation is 2. The Balaban J connectivity index is 1.55. The van der Waals surface area contributed by atoms with Crippen molar-refractivity contribution in [3.8, 4) is 0 Å². The van der Waals surface area contributed by atoms with Crippen LogP contribution in [0.5, 0.6) is 0 Å². The highest BCUT2D eigenvalue weighted by Crippen LogP contribution is 2.24. The van der Waals surface area contributed by atoms with Crippen LogP contribution in [0.3, 0.4) is 0 Å². The number of nitrogens with one attached hydrogen (secondary N) is 2. The monoisotopic (exact) mass is 352 g/mol. The molecule has 0 spiro atoms. The van der Waals surface area contributed by atoms with Gasteiger partial charge in [-0.25, -0.2) is 9.78 Å². The van der Waals surface area contributed by atoms with E-state index in [9.17, 15) is 4.79 Å². The molecule has 0 aliphatic heterocycles. The number of aromatic nitrogens is 1. The van der Waals surface area contributed by atoms with Gasteiger partial charge < -0.3 is 15.5 Å². The molecule has 2 N–H and O–H groups in total. The van der Waals surface area contributed by atoms with Crippen LogP contribution in [0.25, 0.3) is 0 Å². The largest absolute Gasteiger partial charge is 0.363 e. The van der Waals surface area contributed by atoms with E-state index >= 15 is 0 Å². The number of rotatable bonds is 5. The van der Waals surface area contributed by atoms with Crippen molar-refractivity contribution in [2.24, 2.45) is 0 Å². The van der Waals surface area contributed by atoms with E-state index in [1.807, 2.05) is 38.1 Å². The second-order valence-electron chi connectivity index (χ2n) is 7.20. The van der Waals surface area contributed by atoms with Crippen LogP contribution >= 0.6 is 0 Å². The average molecular weight is 352 g/mol. The van der Waals surface area contributed by atoms with Crippen LogP contribution in [0, 0.1) is 0 Å². The number of hydrogen-bond donors (Lipinski definition) is 2. The van der Waals surface area contributed by atoms with Gasteiger partial charge in [-0.3, -0.25) is 0 Å². The highest BCUT2D eigenvalue weighted by atomic mass is 16.2. The normalized spacial score (nSPS) is 14.3. The lowest BCUT2D eigenvalue weighted by Gasteiger charge is -2.20. The lowest BCUT2D eigenvalue weighted by molar-refractivity contribution is 0.237. The standard InChI is InChI=1S/C21H28N4O/c1-15(18-9-8-17-6-4-5-7-19(17)13-18)24-21(26)23-14-16-10-11-22-20(12-16)25(2)3/h8-13,15H,4-7,14H2,1-3H3,(H2,23,24,26). The molecule has 0 saturated heterocycles. The van der Waals surface area contributed by atoms with Crippen molar-refractivity contribution in [2.45, 2.75) is 45.2 Å². The molecule has 2 aromatic rings. The van der Waals surface area contributed by atoms with Gasteiger partial charge in [-0.1, -0.05) is 18.2 Å². The maximum Gasteiger partial charge on any atom is 0.315 e. The van der Waals surface area contributed by atoms with E-state index in [0.717, 1.165) is 17.8 Å². The van der Waals surface area contributed by atoms with Crippen LogP contribution in [-0.2, 0) is 19.4 Å². The Morgan fingerprint density at radius 2 is 1.92 bits per heavy atom. The third kappa shape index (κ3) is 4.54. The third-order valence-corrected chi connectivity index (χ3v) is 4.94. The molecule has 5 nitrogen and oxygen atoms in total. The number of nitrogens with zero attached hydrogens (tertiary/aromatic N) is 2. The summed E-state index contributed by atoms with van der Waals surface area (Å²) in [4.78, 5) is 18.5. The smallest absolute Gasteiger partial charge is 0.315 e. The Hall–Kier alpha value is -2.56. The molecule has 26 heavy (non-hydrogen) atoms. The minimum absolute atomic E-state index is 0.0167. The Labute approximate surface area is 155 Å². The molecule has 1 aliphatic rings. The number of hydrogen-bond acceptors (Lipinski definition) is 3. The fourth-order valence-corrected chi connectivity index (χ4v) is 3.35. The molecule has 0 fully saturated rings. The number of benzene rings is 1. The summed E-state index contributed by atoms with van der Waals surface area (Å²) in [7, 11) is 3.90. The average Bonchev–Trinajstić information content (AvgIpc) is 2.66. The Morgan fingerprint density at radius 3 is 2.69 bits per heavy atom. The SMILES string of the molecule is CC(NC(=O)NCc1ccnc(N(C)C)c1)c1ccc2c(c1)CCCC2. The highest BCUT2D eigenvalue weighted by molar-refractivity contribution is 5.74. The van der Waals surface area contributed by atoms with Crippen LogP contribution in [-0.4, -0.2) is 25.1 Å². The van der Waals surface area contributed by atoms with Gasteiger partial charge in [0.2, 0.25) is 0 Å². The molecule has 0 saturated carbocycles. The van der Waals surface area contributed by atoms with Crippen molar-refractivity contribution in [1.82, 2.24) is 15.6 Å². The summed E-state index contributed by atoms with van der Waals surface area (Å²) in [6.07, 6.45) is 6.64. The van der Waals surface area contributed by atoms with Crippen LogP contribution in [0.15, 0.2) is 36.5 Å². The van der Waals surface area contributed by atoms with E-state index < -0.39 is 0 Å². The van der Waals surface area contributed by atoms with Crippen molar-refractivity contribution in [1.29, 1.82) is 0 Å². The Kier molecular flexibility index (Phi) is 5.76. The van der Waals surface area contributed by atoms with Gasteiger partial charge in [0.1, 0.15) is 5.82 Å². The number of fused-ring (bicyclic) bond motifs is 1. The molecule has 0 bridgehead atoms. The summed E-state index contributed by atoms with van der Waals surface area (Å²) in [5.74, 6) is 0.882. The maximum absolute atomic E-state index is 12.3. The van der Waals surface area contributed by atoms with Crippen LogP contribution < -0.4 is 15.5 Å². The molecule has 1 unspecified atom stereocenters. The third-order valence-electron chi connectivity index (χ3n) is 4.94. The number of carbonyl (C=O) groups is 1. The van der Waals surface area contributed by atoms with Gasteiger partial charge in [0, 0.05) is 26.8 Å². The Morgan fingerprint density at radius 1 is 1.15 bits per heavy atom. The maximum atomic E-state index is 12.3. The summed E-state index contributed by atoms with van der Waals surface area (Å²) < 4.78 is 0. The fourth-order valence-electron chi connectivity index (χ4n) is 3.35. The molecule has 2 amide bonds. The van der Waals surface area contributed by atoms with Crippen molar-refractivity contribution < 1.29 is 4.79 Å². The molecule has 1 atom stereocenters. The van der Waals surface area contributed by atoms with E-state index in [2.05, 4.69) is 33.8 Å². The first-order valence-corrected chi connectivity index (χ1v) is 9.31. The summed E-state index contributed by atoms with van der Waals surface area (Å²) in [6, 6.07) is 10.3. The zero-order chi connectivity index (χ0) is 18.5.